The highest BCUT2D eigenvalue weighted by Crippen LogP contribution is 2.04. The molecule has 0 radical (unpaired) electrons. The number of amides is 1. The smallest absolute Gasteiger partial charge is 0.236 e. The Labute approximate surface area is 80.5 Å². The molecule has 1 fully saturated rings. The second-order valence-electron chi connectivity index (χ2n) is 4.09. The fourth-order valence-electron chi connectivity index (χ4n) is 1.48. The number of hydrogen-bond acceptors (Lipinski definition) is 2. The summed E-state index contributed by atoms with van der Waals surface area (Å²) in [6, 6.07) is 0. The van der Waals surface area contributed by atoms with Crippen LogP contribution in [0.1, 0.15) is 26.7 Å². The number of rotatable bonds is 3. The van der Waals surface area contributed by atoms with E-state index in [1.54, 1.807) is 0 Å². The molecule has 0 aliphatic carbocycles. The number of carbonyl (C=O) groups is 1. The van der Waals surface area contributed by atoms with Crippen molar-refractivity contribution in [3.8, 4) is 0 Å². The van der Waals surface area contributed by atoms with Gasteiger partial charge in [-0.1, -0.05) is 13.8 Å². The van der Waals surface area contributed by atoms with Gasteiger partial charge in [-0.3, -0.25) is 4.79 Å². The summed E-state index contributed by atoms with van der Waals surface area (Å²) in [5.74, 6) is 0.946. The Hall–Kier alpha value is -0.570. The number of nitrogens with zero attached hydrogens (tertiary/aromatic N) is 1. The lowest BCUT2D eigenvalue weighted by Gasteiger charge is -2.20. The maximum Gasteiger partial charge on any atom is 0.236 e. The van der Waals surface area contributed by atoms with Gasteiger partial charge in [-0.2, -0.15) is 0 Å². The summed E-state index contributed by atoms with van der Waals surface area (Å²) < 4.78 is 0. The average molecular weight is 184 g/mol. The largest absolute Gasteiger partial charge is 0.342 e. The maximum atomic E-state index is 11.5. The minimum absolute atomic E-state index is 0.262. The van der Waals surface area contributed by atoms with Crippen molar-refractivity contribution in [2.45, 2.75) is 26.7 Å². The van der Waals surface area contributed by atoms with Crippen molar-refractivity contribution in [2.75, 3.05) is 26.2 Å². The number of nitrogens with one attached hydrogen (secondary N) is 1. The molecule has 76 valence electrons. The normalized spacial score (nSPS) is 19.3. The lowest BCUT2D eigenvalue weighted by Crippen LogP contribution is -2.35. The van der Waals surface area contributed by atoms with Gasteiger partial charge in [0, 0.05) is 13.1 Å². The molecular weight excluding hydrogens is 164 g/mol. The Kier molecular flexibility index (Phi) is 4.22. The first kappa shape index (κ1) is 10.5. The van der Waals surface area contributed by atoms with Crippen molar-refractivity contribution in [1.29, 1.82) is 0 Å². The monoisotopic (exact) mass is 184 g/mol. The standard InChI is InChI=1S/C10H20N2O/c1-9(2)4-7-12-6-3-5-11-8-10(12)13/h9,11H,3-8H2,1-2H3. The van der Waals surface area contributed by atoms with Gasteiger partial charge in [0.15, 0.2) is 0 Å². The second kappa shape index (κ2) is 5.22. The first-order valence-corrected chi connectivity index (χ1v) is 5.18. The molecule has 1 amide bonds. The van der Waals surface area contributed by atoms with Crippen LogP contribution in [0.5, 0.6) is 0 Å². The molecule has 1 saturated heterocycles. The molecular formula is C10H20N2O. The maximum absolute atomic E-state index is 11.5. The SMILES string of the molecule is CC(C)CCN1CCCNCC1=O. The van der Waals surface area contributed by atoms with E-state index in [1.807, 2.05) is 4.90 Å². The lowest BCUT2D eigenvalue weighted by atomic mass is 10.1. The van der Waals surface area contributed by atoms with E-state index in [-0.39, 0.29) is 5.91 Å². The van der Waals surface area contributed by atoms with E-state index in [2.05, 4.69) is 19.2 Å². The third-order valence-corrected chi connectivity index (χ3v) is 2.39. The van der Waals surface area contributed by atoms with Gasteiger partial charge in [-0.05, 0) is 25.3 Å². The summed E-state index contributed by atoms with van der Waals surface area (Å²) >= 11 is 0. The Balaban J connectivity index is 2.32. The summed E-state index contributed by atoms with van der Waals surface area (Å²) in [5.41, 5.74) is 0. The van der Waals surface area contributed by atoms with E-state index in [0.29, 0.717) is 12.5 Å². The minimum Gasteiger partial charge on any atom is -0.342 e. The Morgan fingerprint density at radius 3 is 3.00 bits per heavy atom. The van der Waals surface area contributed by atoms with E-state index in [1.165, 1.54) is 0 Å². The van der Waals surface area contributed by atoms with Gasteiger partial charge in [0.1, 0.15) is 0 Å². The minimum atomic E-state index is 0.262. The zero-order valence-corrected chi connectivity index (χ0v) is 8.68. The van der Waals surface area contributed by atoms with Crippen LogP contribution in [0, 0.1) is 5.92 Å². The molecule has 0 unspecified atom stereocenters. The highest BCUT2D eigenvalue weighted by molar-refractivity contribution is 5.78. The van der Waals surface area contributed by atoms with Gasteiger partial charge in [0.05, 0.1) is 6.54 Å². The zero-order valence-electron chi connectivity index (χ0n) is 8.68. The first-order chi connectivity index (χ1) is 6.20. The zero-order chi connectivity index (χ0) is 9.68. The van der Waals surface area contributed by atoms with Crippen LogP contribution in [0.25, 0.3) is 0 Å². The molecule has 1 heterocycles. The topological polar surface area (TPSA) is 32.3 Å². The van der Waals surface area contributed by atoms with Crippen LogP contribution in [-0.2, 0) is 4.79 Å². The molecule has 1 aliphatic heterocycles. The first-order valence-electron chi connectivity index (χ1n) is 5.18. The molecule has 3 heteroatoms. The van der Waals surface area contributed by atoms with Gasteiger partial charge in [0.2, 0.25) is 5.91 Å². The van der Waals surface area contributed by atoms with Crippen LogP contribution in [0.2, 0.25) is 0 Å². The van der Waals surface area contributed by atoms with E-state index >= 15 is 0 Å². The van der Waals surface area contributed by atoms with Crippen molar-refractivity contribution < 1.29 is 4.79 Å². The van der Waals surface area contributed by atoms with Crippen molar-refractivity contribution >= 4 is 5.91 Å². The predicted molar refractivity (Wildman–Crippen MR) is 53.5 cm³/mol. The molecule has 1 N–H and O–H groups in total. The summed E-state index contributed by atoms with van der Waals surface area (Å²) in [7, 11) is 0. The molecule has 1 rings (SSSR count). The van der Waals surface area contributed by atoms with Crippen LogP contribution in [0.15, 0.2) is 0 Å². The van der Waals surface area contributed by atoms with Gasteiger partial charge in [-0.15, -0.1) is 0 Å². The Bertz CT molecular complexity index is 168. The van der Waals surface area contributed by atoms with E-state index < -0.39 is 0 Å². The quantitative estimate of drug-likeness (QED) is 0.705. The number of hydrogen-bond donors (Lipinski definition) is 1. The third kappa shape index (κ3) is 3.77. The lowest BCUT2D eigenvalue weighted by molar-refractivity contribution is -0.129. The summed E-state index contributed by atoms with van der Waals surface area (Å²) in [4.78, 5) is 13.5. The van der Waals surface area contributed by atoms with E-state index in [9.17, 15) is 4.79 Å². The molecule has 13 heavy (non-hydrogen) atoms. The second-order valence-corrected chi connectivity index (χ2v) is 4.09. The molecule has 0 aromatic carbocycles. The van der Waals surface area contributed by atoms with Crippen molar-refractivity contribution in [3.63, 3.8) is 0 Å². The van der Waals surface area contributed by atoms with Crippen LogP contribution >= 0.6 is 0 Å². The molecule has 0 saturated carbocycles. The summed E-state index contributed by atoms with van der Waals surface area (Å²) in [6.07, 6.45) is 2.20. The summed E-state index contributed by atoms with van der Waals surface area (Å²) in [5, 5.41) is 3.12. The van der Waals surface area contributed by atoms with Crippen LogP contribution in [0.3, 0.4) is 0 Å². The van der Waals surface area contributed by atoms with Gasteiger partial charge >= 0.3 is 0 Å². The predicted octanol–water partition coefficient (Wildman–Crippen LogP) is 0.854. The fraction of sp³-hybridized carbons (Fsp3) is 0.900. The number of carbonyl (C=O) groups excluding carboxylic acids is 1. The third-order valence-electron chi connectivity index (χ3n) is 2.39. The molecule has 0 spiro atoms. The van der Waals surface area contributed by atoms with Gasteiger partial charge in [-0.25, -0.2) is 0 Å². The Morgan fingerprint density at radius 1 is 1.54 bits per heavy atom. The fourth-order valence-corrected chi connectivity index (χ4v) is 1.48. The van der Waals surface area contributed by atoms with Crippen LogP contribution in [0.4, 0.5) is 0 Å². The van der Waals surface area contributed by atoms with Crippen LogP contribution in [-0.4, -0.2) is 37.0 Å². The highest BCUT2D eigenvalue weighted by atomic mass is 16.2. The summed E-state index contributed by atoms with van der Waals surface area (Å²) in [6.45, 7) is 7.75. The Morgan fingerprint density at radius 2 is 2.31 bits per heavy atom. The molecule has 0 atom stereocenters. The van der Waals surface area contributed by atoms with Crippen molar-refractivity contribution in [3.05, 3.63) is 0 Å². The molecule has 0 aromatic heterocycles. The van der Waals surface area contributed by atoms with Gasteiger partial charge < -0.3 is 10.2 Å². The average Bonchev–Trinajstić information content (AvgIpc) is 2.27. The van der Waals surface area contributed by atoms with E-state index in [4.69, 9.17) is 0 Å². The molecule has 3 nitrogen and oxygen atoms in total. The van der Waals surface area contributed by atoms with Crippen LogP contribution < -0.4 is 5.32 Å². The van der Waals surface area contributed by atoms with Gasteiger partial charge in [0.25, 0.3) is 0 Å². The van der Waals surface area contributed by atoms with E-state index in [0.717, 1.165) is 32.5 Å². The molecule has 1 aliphatic rings. The van der Waals surface area contributed by atoms with Crippen molar-refractivity contribution in [1.82, 2.24) is 10.2 Å². The van der Waals surface area contributed by atoms with Crippen molar-refractivity contribution in [2.24, 2.45) is 5.92 Å². The molecule has 0 aromatic rings. The highest BCUT2D eigenvalue weighted by Gasteiger charge is 2.15. The molecule has 0 bridgehead atoms.